The van der Waals surface area contributed by atoms with E-state index in [1.54, 1.807) is 42.5 Å². The fourth-order valence-corrected chi connectivity index (χ4v) is 4.00. The Morgan fingerprint density at radius 3 is 2.58 bits per heavy atom. The molecule has 3 amide bonds. The fraction of sp³-hybridized carbons (Fsp3) is 0.0455. The third-order valence-electron chi connectivity index (χ3n) is 4.57. The first-order valence-electron chi connectivity index (χ1n) is 9.46. The Bertz CT molecular complexity index is 1300. The molecule has 1 aromatic heterocycles. The van der Waals surface area contributed by atoms with Gasteiger partial charge in [-0.15, -0.1) is 0 Å². The SMILES string of the molecule is O=C(CN1C(=O)S/C(=C/c2ccc(-c3ccccc3[N+](=O)[O-])o2)C1=O)Nc1ccc(Cl)cc1. The molecule has 1 fully saturated rings. The molecule has 0 unspecified atom stereocenters. The molecule has 33 heavy (non-hydrogen) atoms. The normalized spacial score (nSPS) is 14.7. The predicted molar refractivity (Wildman–Crippen MR) is 124 cm³/mol. The Morgan fingerprint density at radius 2 is 1.85 bits per heavy atom. The average molecular weight is 484 g/mol. The number of nitro groups is 1. The third-order valence-corrected chi connectivity index (χ3v) is 5.73. The van der Waals surface area contributed by atoms with Crippen LogP contribution in [0.2, 0.25) is 5.02 Å². The van der Waals surface area contributed by atoms with E-state index < -0.39 is 28.5 Å². The number of amides is 3. The Hall–Kier alpha value is -3.89. The second kappa shape index (κ2) is 9.31. The van der Waals surface area contributed by atoms with Gasteiger partial charge in [0.05, 0.1) is 15.4 Å². The summed E-state index contributed by atoms with van der Waals surface area (Å²) in [5.41, 5.74) is 0.643. The Morgan fingerprint density at radius 1 is 1.12 bits per heavy atom. The van der Waals surface area contributed by atoms with Crippen LogP contribution in [0.5, 0.6) is 0 Å². The Kier molecular flexibility index (Phi) is 6.29. The number of hydrogen-bond donors (Lipinski definition) is 1. The summed E-state index contributed by atoms with van der Waals surface area (Å²) < 4.78 is 5.64. The maximum Gasteiger partial charge on any atom is 0.294 e. The first-order valence-corrected chi connectivity index (χ1v) is 10.7. The molecule has 0 radical (unpaired) electrons. The van der Waals surface area contributed by atoms with E-state index in [-0.39, 0.29) is 27.7 Å². The lowest BCUT2D eigenvalue weighted by Crippen LogP contribution is -2.36. The molecule has 2 aromatic carbocycles. The smallest absolute Gasteiger partial charge is 0.294 e. The number of hydrogen-bond acceptors (Lipinski definition) is 7. The number of rotatable bonds is 6. The van der Waals surface area contributed by atoms with Gasteiger partial charge in [0.15, 0.2) is 0 Å². The molecule has 11 heteroatoms. The number of halogens is 1. The van der Waals surface area contributed by atoms with E-state index in [1.165, 1.54) is 24.3 Å². The molecule has 166 valence electrons. The van der Waals surface area contributed by atoms with Crippen LogP contribution in [-0.4, -0.2) is 33.4 Å². The van der Waals surface area contributed by atoms with Gasteiger partial charge in [-0.3, -0.25) is 29.4 Å². The lowest BCUT2D eigenvalue weighted by atomic mass is 10.1. The maximum atomic E-state index is 12.7. The molecule has 0 aliphatic carbocycles. The number of anilines is 1. The second-order valence-corrected chi connectivity index (χ2v) is 8.23. The van der Waals surface area contributed by atoms with E-state index in [2.05, 4.69) is 5.32 Å². The molecular formula is C22H14ClN3O6S. The fourth-order valence-electron chi connectivity index (χ4n) is 3.06. The van der Waals surface area contributed by atoms with Gasteiger partial charge in [0, 0.05) is 22.9 Å². The van der Waals surface area contributed by atoms with Crippen molar-refractivity contribution in [2.75, 3.05) is 11.9 Å². The summed E-state index contributed by atoms with van der Waals surface area (Å²) >= 11 is 6.48. The van der Waals surface area contributed by atoms with Crippen LogP contribution < -0.4 is 5.32 Å². The van der Waals surface area contributed by atoms with Crippen molar-refractivity contribution in [1.29, 1.82) is 0 Å². The number of furan rings is 1. The second-order valence-electron chi connectivity index (χ2n) is 6.80. The van der Waals surface area contributed by atoms with E-state index >= 15 is 0 Å². The molecule has 2 heterocycles. The van der Waals surface area contributed by atoms with Crippen LogP contribution in [-0.2, 0) is 9.59 Å². The summed E-state index contributed by atoms with van der Waals surface area (Å²) in [6.07, 6.45) is 1.36. The minimum absolute atomic E-state index is 0.0720. The molecule has 3 aromatic rings. The summed E-state index contributed by atoms with van der Waals surface area (Å²) in [5.74, 6) is -0.702. The summed E-state index contributed by atoms with van der Waals surface area (Å²) in [5, 5.41) is 13.7. The molecule has 1 aliphatic rings. The minimum Gasteiger partial charge on any atom is -0.456 e. The number of nitro benzene ring substituents is 1. The lowest BCUT2D eigenvalue weighted by molar-refractivity contribution is -0.384. The van der Waals surface area contributed by atoms with E-state index in [0.717, 1.165) is 4.90 Å². The number of carbonyl (C=O) groups is 3. The van der Waals surface area contributed by atoms with Gasteiger partial charge in [0.2, 0.25) is 5.91 Å². The lowest BCUT2D eigenvalue weighted by Gasteiger charge is -2.12. The van der Waals surface area contributed by atoms with Crippen LogP contribution in [0, 0.1) is 10.1 Å². The quantitative estimate of drug-likeness (QED) is 0.291. The molecular weight excluding hydrogens is 470 g/mol. The van der Waals surface area contributed by atoms with Gasteiger partial charge in [-0.25, -0.2) is 0 Å². The number of benzene rings is 2. The van der Waals surface area contributed by atoms with Crippen LogP contribution in [0.4, 0.5) is 16.2 Å². The number of thioether (sulfide) groups is 1. The van der Waals surface area contributed by atoms with Gasteiger partial charge < -0.3 is 9.73 Å². The molecule has 9 nitrogen and oxygen atoms in total. The summed E-state index contributed by atoms with van der Waals surface area (Å²) in [6, 6.07) is 15.6. The van der Waals surface area contributed by atoms with Gasteiger partial charge in [-0.2, -0.15) is 0 Å². The van der Waals surface area contributed by atoms with Crippen LogP contribution in [0.3, 0.4) is 0 Å². The number of nitrogens with one attached hydrogen (secondary N) is 1. The number of para-hydroxylation sites is 1. The van der Waals surface area contributed by atoms with Crippen molar-refractivity contribution in [2.45, 2.75) is 0 Å². The molecule has 1 saturated heterocycles. The maximum absolute atomic E-state index is 12.7. The average Bonchev–Trinajstić information content (AvgIpc) is 3.35. The predicted octanol–water partition coefficient (Wildman–Crippen LogP) is 5.18. The Balaban J connectivity index is 1.48. The molecule has 4 rings (SSSR count). The van der Waals surface area contributed by atoms with Gasteiger partial charge >= 0.3 is 0 Å². The van der Waals surface area contributed by atoms with Crippen molar-refractivity contribution in [3.05, 3.63) is 86.5 Å². The molecule has 0 atom stereocenters. The standard InChI is InChI=1S/C22H14ClN3O6S/c23-13-5-7-14(8-6-13)24-20(27)12-25-21(28)19(33-22(25)29)11-15-9-10-18(32-15)16-3-1-2-4-17(16)26(30)31/h1-11H,12H2,(H,24,27)/b19-11+. The van der Waals surface area contributed by atoms with Gasteiger partial charge in [0.25, 0.3) is 16.8 Å². The zero-order valence-corrected chi connectivity index (χ0v) is 18.3. The van der Waals surface area contributed by atoms with E-state index in [9.17, 15) is 24.5 Å². The van der Waals surface area contributed by atoms with Crippen molar-refractivity contribution >= 4 is 57.9 Å². The topological polar surface area (TPSA) is 123 Å². The number of nitrogens with zero attached hydrogens (tertiary/aromatic N) is 2. The molecule has 1 N–H and O–H groups in total. The van der Waals surface area contributed by atoms with Crippen LogP contribution in [0.1, 0.15) is 5.76 Å². The van der Waals surface area contributed by atoms with Gasteiger partial charge in [0.1, 0.15) is 18.1 Å². The van der Waals surface area contributed by atoms with Crippen molar-refractivity contribution in [3.63, 3.8) is 0 Å². The molecule has 0 bridgehead atoms. The third kappa shape index (κ3) is 4.97. The van der Waals surface area contributed by atoms with E-state index in [1.807, 2.05) is 0 Å². The van der Waals surface area contributed by atoms with E-state index in [0.29, 0.717) is 22.5 Å². The molecule has 0 spiro atoms. The first-order chi connectivity index (χ1) is 15.8. The van der Waals surface area contributed by atoms with Crippen LogP contribution >= 0.6 is 23.4 Å². The monoisotopic (exact) mass is 483 g/mol. The highest BCUT2D eigenvalue weighted by Crippen LogP contribution is 2.35. The zero-order chi connectivity index (χ0) is 23.5. The van der Waals surface area contributed by atoms with Crippen molar-refractivity contribution in [1.82, 2.24) is 4.90 Å². The van der Waals surface area contributed by atoms with Crippen molar-refractivity contribution < 1.29 is 23.7 Å². The first kappa shape index (κ1) is 22.3. The summed E-state index contributed by atoms with van der Waals surface area (Å²) in [6.45, 7) is -0.454. The molecule has 1 aliphatic heterocycles. The highest BCUT2D eigenvalue weighted by molar-refractivity contribution is 8.18. The Labute approximate surface area is 196 Å². The van der Waals surface area contributed by atoms with Gasteiger partial charge in [-0.1, -0.05) is 23.7 Å². The largest absolute Gasteiger partial charge is 0.456 e. The highest BCUT2D eigenvalue weighted by atomic mass is 35.5. The van der Waals surface area contributed by atoms with Crippen LogP contribution in [0.15, 0.2) is 70.0 Å². The molecule has 0 saturated carbocycles. The summed E-state index contributed by atoms with van der Waals surface area (Å²) in [7, 11) is 0. The minimum atomic E-state index is -0.639. The highest BCUT2D eigenvalue weighted by Gasteiger charge is 2.36. The number of imide groups is 1. The number of carbonyl (C=O) groups excluding carboxylic acids is 3. The zero-order valence-electron chi connectivity index (χ0n) is 16.7. The summed E-state index contributed by atoms with van der Waals surface area (Å²) in [4.78, 5) is 48.8. The van der Waals surface area contributed by atoms with Crippen molar-refractivity contribution in [3.8, 4) is 11.3 Å². The van der Waals surface area contributed by atoms with E-state index in [4.69, 9.17) is 16.0 Å². The van der Waals surface area contributed by atoms with Crippen molar-refractivity contribution in [2.24, 2.45) is 0 Å². The van der Waals surface area contributed by atoms with Crippen LogP contribution in [0.25, 0.3) is 17.4 Å². The van der Waals surface area contributed by atoms with Gasteiger partial charge in [-0.05, 0) is 54.2 Å².